The molecule has 0 aromatic rings. The van der Waals surface area contributed by atoms with Crippen molar-refractivity contribution >= 4 is 18.4 Å². The molecule has 1 aliphatic rings. The summed E-state index contributed by atoms with van der Waals surface area (Å²) in [5.41, 5.74) is 0. The fourth-order valence-electron chi connectivity index (χ4n) is 1.42. The quantitative estimate of drug-likeness (QED) is 0.686. The number of hydrogen-bond donors (Lipinski definition) is 1. The van der Waals surface area contributed by atoms with E-state index in [9.17, 15) is 18.0 Å². The zero-order valence-electron chi connectivity index (χ0n) is 7.43. The molecular formula is C7H11ClF3NO2. The summed E-state index contributed by atoms with van der Waals surface area (Å²) in [5, 5.41) is 2.52. The summed E-state index contributed by atoms with van der Waals surface area (Å²) in [6, 6.07) is 0. The van der Waals surface area contributed by atoms with Crippen LogP contribution in [0.2, 0.25) is 0 Å². The third-order valence-corrected chi connectivity index (χ3v) is 2.14. The van der Waals surface area contributed by atoms with E-state index in [-0.39, 0.29) is 25.5 Å². The summed E-state index contributed by atoms with van der Waals surface area (Å²) in [4.78, 5) is 10.9. The van der Waals surface area contributed by atoms with Gasteiger partial charge in [-0.15, -0.1) is 12.4 Å². The van der Waals surface area contributed by atoms with Gasteiger partial charge in [-0.3, -0.25) is 4.79 Å². The van der Waals surface area contributed by atoms with Gasteiger partial charge in [0.2, 0.25) is 0 Å². The molecule has 0 spiro atoms. The van der Waals surface area contributed by atoms with Gasteiger partial charge in [-0.25, -0.2) is 0 Å². The second-order valence-electron chi connectivity index (χ2n) is 2.94. The van der Waals surface area contributed by atoms with Gasteiger partial charge in [-0.1, -0.05) is 0 Å². The Balaban J connectivity index is 0.00000169. The monoisotopic (exact) mass is 233 g/mol. The van der Waals surface area contributed by atoms with Gasteiger partial charge < -0.3 is 10.1 Å². The molecule has 2 atom stereocenters. The molecule has 0 radical (unpaired) electrons. The van der Waals surface area contributed by atoms with Crippen molar-refractivity contribution in [3.05, 3.63) is 0 Å². The van der Waals surface area contributed by atoms with Crippen molar-refractivity contribution in [1.82, 2.24) is 5.32 Å². The van der Waals surface area contributed by atoms with Crippen molar-refractivity contribution in [3.63, 3.8) is 0 Å². The zero-order chi connectivity index (χ0) is 10.1. The Kier molecular flexibility index (Phi) is 4.67. The Bertz CT molecular complexity index is 210. The fraction of sp³-hybridized carbons (Fsp3) is 0.857. The minimum Gasteiger partial charge on any atom is -0.469 e. The molecule has 0 aromatic carbocycles. The van der Waals surface area contributed by atoms with E-state index >= 15 is 0 Å². The molecule has 3 nitrogen and oxygen atoms in total. The smallest absolute Gasteiger partial charge is 0.393 e. The lowest BCUT2D eigenvalue weighted by atomic mass is 9.96. The molecule has 1 aliphatic heterocycles. The van der Waals surface area contributed by atoms with E-state index in [1.54, 1.807) is 0 Å². The fourth-order valence-corrected chi connectivity index (χ4v) is 1.42. The van der Waals surface area contributed by atoms with Gasteiger partial charge in [0, 0.05) is 13.1 Å². The van der Waals surface area contributed by atoms with Crippen LogP contribution in [0.15, 0.2) is 0 Å². The first kappa shape index (κ1) is 13.5. The number of esters is 1. The average molecular weight is 234 g/mol. The van der Waals surface area contributed by atoms with Crippen molar-refractivity contribution in [2.24, 2.45) is 11.8 Å². The molecule has 0 bridgehead atoms. The summed E-state index contributed by atoms with van der Waals surface area (Å²) in [7, 11) is 1.09. The Hall–Kier alpha value is -0.490. The van der Waals surface area contributed by atoms with Crippen LogP contribution in [0.3, 0.4) is 0 Å². The maximum atomic E-state index is 12.3. The molecule has 0 saturated carbocycles. The van der Waals surface area contributed by atoms with Gasteiger partial charge in [0.1, 0.15) is 0 Å². The highest BCUT2D eigenvalue weighted by molar-refractivity contribution is 5.85. The number of carbonyl (C=O) groups is 1. The summed E-state index contributed by atoms with van der Waals surface area (Å²) in [5.74, 6) is -3.50. The van der Waals surface area contributed by atoms with Crippen molar-refractivity contribution in [2.75, 3.05) is 20.2 Å². The number of carbonyl (C=O) groups excluding carboxylic acids is 1. The van der Waals surface area contributed by atoms with Crippen LogP contribution < -0.4 is 5.32 Å². The first-order valence-electron chi connectivity index (χ1n) is 3.82. The van der Waals surface area contributed by atoms with Crippen LogP contribution in [-0.2, 0) is 9.53 Å². The molecule has 1 rings (SSSR count). The van der Waals surface area contributed by atoms with Crippen LogP contribution in [0.25, 0.3) is 0 Å². The molecule has 1 heterocycles. The highest BCUT2D eigenvalue weighted by atomic mass is 35.5. The first-order valence-corrected chi connectivity index (χ1v) is 3.82. The van der Waals surface area contributed by atoms with E-state index in [2.05, 4.69) is 10.1 Å². The largest absolute Gasteiger partial charge is 0.469 e. The number of nitrogens with one attached hydrogen (secondary N) is 1. The van der Waals surface area contributed by atoms with E-state index in [0.29, 0.717) is 0 Å². The van der Waals surface area contributed by atoms with E-state index in [4.69, 9.17) is 0 Å². The maximum Gasteiger partial charge on any atom is 0.393 e. The van der Waals surface area contributed by atoms with Crippen molar-refractivity contribution in [3.8, 4) is 0 Å². The number of methoxy groups -OCH3 is 1. The van der Waals surface area contributed by atoms with Crippen molar-refractivity contribution < 1.29 is 22.7 Å². The molecule has 0 aliphatic carbocycles. The van der Waals surface area contributed by atoms with Crippen molar-refractivity contribution in [2.45, 2.75) is 6.18 Å². The molecule has 84 valence electrons. The van der Waals surface area contributed by atoms with Crippen LogP contribution >= 0.6 is 12.4 Å². The van der Waals surface area contributed by atoms with Gasteiger partial charge in [0.25, 0.3) is 0 Å². The maximum absolute atomic E-state index is 12.3. The third kappa shape index (κ3) is 2.75. The van der Waals surface area contributed by atoms with Gasteiger partial charge in [-0.05, 0) is 0 Å². The van der Waals surface area contributed by atoms with E-state index in [0.717, 1.165) is 7.11 Å². The molecule has 1 fully saturated rings. The first-order chi connectivity index (χ1) is 5.96. The molecule has 7 heteroatoms. The summed E-state index contributed by atoms with van der Waals surface area (Å²) >= 11 is 0. The Labute approximate surface area is 85.4 Å². The van der Waals surface area contributed by atoms with Crippen LogP contribution in [-0.4, -0.2) is 32.3 Å². The summed E-state index contributed by atoms with van der Waals surface area (Å²) in [6.45, 7) is -0.167. The number of hydrogen-bond acceptors (Lipinski definition) is 3. The van der Waals surface area contributed by atoms with E-state index in [1.807, 2.05) is 0 Å². The standard InChI is InChI=1S/C7H10F3NO2.ClH/c1-13-6(12)4-2-11-3-5(4)7(8,9)10;/h4-5,11H,2-3H2,1H3;1H/t4-,5?;/m0./s1. The summed E-state index contributed by atoms with van der Waals surface area (Å²) < 4.78 is 41.1. The third-order valence-electron chi connectivity index (χ3n) is 2.14. The van der Waals surface area contributed by atoms with E-state index < -0.39 is 24.0 Å². The number of rotatable bonds is 1. The Morgan fingerprint density at radius 3 is 2.43 bits per heavy atom. The zero-order valence-corrected chi connectivity index (χ0v) is 8.24. The molecule has 0 amide bonds. The second kappa shape index (κ2) is 4.84. The van der Waals surface area contributed by atoms with Crippen LogP contribution in [0.5, 0.6) is 0 Å². The highest BCUT2D eigenvalue weighted by Crippen LogP contribution is 2.34. The number of alkyl halides is 3. The number of halogens is 4. The molecule has 1 unspecified atom stereocenters. The molecule has 14 heavy (non-hydrogen) atoms. The topological polar surface area (TPSA) is 38.3 Å². The van der Waals surface area contributed by atoms with Gasteiger partial charge in [0.05, 0.1) is 18.9 Å². The minimum absolute atomic E-state index is 0. The van der Waals surface area contributed by atoms with Crippen LogP contribution in [0.1, 0.15) is 0 Å². The van der Waals surface area contributed by atoms with Crippen LogP contribution in [0.4, 0.5) is 13.2 Å². The minimum atomic E-state index is -4.33. The average Bonchev–Trinajstić information content (AvgIpc) is 2.49. The van der Waals surface area contributed by atoms with Crippen molar-refractivity contribution in [1.29, 1.82) is 0 Å². The highest BCUT2D eigenvalue weighted by Gasteiger charge is 2.50. The molecule has 1 N–H and O–H groups in total. The predicted octanol–water partition coefficient (Wildman–Crippen LogP) is 0.979. The van der Waals surface area contributed by atoms with E-state index in [1.165, 1.54) is 0 Å². The van der Waals surface area contributed by atoms with Crippen LogP contribution in [0, 0.1) is 11.8 Å². The Morgan fingerprint density at radius 2 is 2.00 bits per heavy atom. The SMILES string of the molecule is COC(=O)[C@H]1CNCC1C(F)(F)F.Cl. The predicted molar refractivity (Wildman–Crippen MR) is 45.2 cm³/mol. The van der Waals surface area contributed by atoms with Gasteiger partial charge in [0.15, 0.2) is 0 Å². The normalized spacial score (nSPS) is 26.9. The molecule has 1 saturated heterocycles. The second-order valence-corrected chi connectivity index (χ2v) is 2.94. The van der Waals surface area contributed by atoms with Gasteiger partial charge in [-0.2, -0.15) is 13.2 Å². The Morgan fingerprint density at radius 1 is 1.43 bits per heavy atom. The molecule has 0 aromatic heterocycles. The number of ether oxygens (including phenoxy) is 1. The lowest BCUT2D eigenvalue weighted by Crippen LogP contribution is -2.34. The van der Waals surface area contributed by atoms with Gasteiger partial charge >= 0.3 is 12.1 Å². The summed E-state index contributed by atoms with van der Waals surface area (Å²) in [6.07, 6.45) is -4.33. The lowest BCUT2D eigenvalue weighted by molar-refractivity contribution is -0.188. The molecular weight excluding hydrogens is 223 g/mol. The lowest BCUT2D eigenvalue weighted by Gasteiger charge is -2.18.